The standard InChI is InChI=1S/C26H30N5O9P.C24H25FN5O8P.C18H21FN5O8P.CH4/c1-17-4-7-19(8-5-17)13-38-41(34,39-15-37-26(33)40-20-9-6-18(2)21(12-20)35-3)16-36-11-10-31-14-28-22-23(31)29-25(27)30-24(22)32;1-16-2-4-17(5-3-16)12-36-39(33,37-14-35-24(32)38-19-8-6-18(25)7-9-19)15-34-11-10-30-13-27-20-21(30)28-23(26)29-22(20)31;1-28-18(26)30-10-32-33(27,31-8-12-3-2-4-13(19)7-12)11-29-6-5-24-9-21-14-15(24)22-17(20)23-16(14)25;/h4-9,12,14H,10-11,13,15-16H2,1-3H3,(H3,27,29,30,32);2-9,13H,10-12,14-15H2,1H3,(H3,26,28,29,31);2-4,7,9H,5-6,8,10-11H2,1H3,(H3,20,22,23,25);1H4. The lowest BCUT2D eigenvalue weighted by Crippen LogP contribution is -2.15. The smallest absolute Gasteiger partial charge is 0.496 e. The lowest BCUT2D eigenvalue weighted by atomic mass is 10.2. The highest BCUT2D eigenvalue weighted by Crippen LogP contribution is 2.51. The summed E-state index contributed by atoms with van der Waals surface area (Å²) in [5.74, 6) is -0.377. The molecule has 0 saturated heterocycles. The fraction of sp³-hybridized carbons (Fsp3) is 0.304. The average Bonchev–Trinajstić information content (AvgIpc) is 1.67. The number of methoxy groups -OCH3 is 2. The second-order valence-corrected chi connectivity index (χ2v) is 29.5. The summed E-state index contributed by atoms with van der Waals surface area (Å²) in [5, 5.41) is 0. The molecule has 0 radical (unpaired) electrons. The third kappa shape index (κ3) is 27.1. The van der Waals surface area contributed by atoms with E-state index in [9.17, 15) is 51.2 Å². The van der Waals surface area contributed by atoms with Gasteiger partial charge >= 0.3 is 41.3 Å². The Hall–Kier alpha value is -11.7. The normalized spacial score (nSPS) is 12.7. The van der Waals surface area contributed by atoms with E-state index < -0.39 is 109 Å². The van der Waals surface area contributed by atoms with Crippen molar-refractivity contribution in [3.63, 3.8) is 0 Å². The average molecular weight is 1650 g/mol. The third-order valence-corrected chi connectivity index (χ3v) is 19.7. The highest BCUT2D eigenvalue weighted by Gasteiger charge is 2.30. The summed E-state index contributed by atoms with van der Waals surface area (Å²) in [4.78, 5) is 102. The Balaban J connectivity index is 0.000000214. The number of halogens is 2. The third-order valence-electron chi connectivity index (χ3n) is 15.1. The van der Waals surface area contributed by atoms with Gasteiger partial charge in [-0.2, -0.15) is 15.0 Å². The molecule has 0 aliphatic heterocycles. The van der Waals surface area contributed by atoms with Gasteiger partial charge < -0.3 is 91.8 Å². The summed E-state index contributed by atoms with van der Waals surface area (Å²) in [6.07, 6.45) is -0.485. The Kier molecular flexibility index (Phi) is 32.6. The summed E-state index contributed by atoms with van der Waals surface area (Å²) in [7, 11) is -9.18. The number of benzene rings is 5. The zero-order chi connectivity index (χ0) is 81.1. The second-order valence-electron chi connectivity index (χ2n) is 23.5. The quantitative estimate of drug-likeness (QED) is 0.00530. The number of H-pyrrole nitrogens is 3. The van der Waals surface area contributed by atoms with Crippen molar-refractivity contribution in [3.8, 4) is 17.2 Å². The second kappa shape index (κ2) is 42.3. The Morgan fingerprint density at radius 1 is 0.456 bits per heavy atom. The fourth-order valence-electron chi connectivity index (χ4n) is 9.41. The van der Waals surface area contributed by atoms with Crippen LogP contribution < -0.4 is 48.1 Å². The van der Waals surface area contributed by atoms with Crippen molar-refractivity contribution < 1.29 is 111 Å². The van der Waals surface area contributed by atoms with E-state index in [-0.39, 0.29) is 130 Å². The number of carbonyl (C=O) groups is 3. The first-order valence-corrected chi connectivity index (χ1v) is 38.5. The molecule has 3 atom stereocenters. The van der Waals surface area contributed by atoms with Crippen molar-refractivity contribution in [1.82, 2.24) is 58.6 Å². The van der Waals surface area contributed by atoms with Gasteiger partial charge in [0.2, 0.25) is 38.2 Å². The topological polar surface area (TPSA) is 519 Å². The number of nitrogens with two attached hydrogens (primary N) is 3. The van der Waals surface area contributed by atoms with Crippen LogP contribution in [0.15, 0.2) is 149 Å². The number of rotatable bonds is 36. The van der Waals surface area contributed by atoms with Gasteiger partial charge in [0.1, 0.15) is 47.9 Å². The maximum atomic E-state index is 13.5. The van der Waals surface area contributed by atoms with Crippen LogP contribution in [0.2, 0.25) is 0 Å². The van der Waals surface area contributed by atoms with E-state index in [4.69, 9.17) is 82.2 Å². The van der Waals surface area contributed by atoms with E-state index in [1.807, 2.05) is 69.3 Å². The Morgan fingerprint density at radius 3 is 1.22 bits per heavy atom. The molecule has 45 heteroatoms. The van der Waals surface area contributed by atoms with Crippen LogP contribution in [-0.2, 0) is 113 Å². The summed E-state index contributed by atoms with van der Waals surface area (Å²) in [5.41, 5.74) is 21.4. The van der Waals surface area contributed by atoms with Crippen LogP contribution in [0.4, 0.5) is 41.0 Å². The van der Waals surface area contributed by atoms with Gasteiger partial charge in [-0.3, -0.25) is 56.6 Å². The van der Waals surface area contributed by atoms with Crippen LogP contribution in [-0.4, -0.2) is 150 Å². The summed E-state index contributed by atoms with van der Waals surface area (Å²) in [6, 6.07) is 29.8. The summed E-state index contributed by atoms with van der Waals surface area (Å²) in [6.45, 7) is 3.87. The first-order chi connectivity index (χ1) is 54.1. The molecule has 6 aromatic heterocycles. The van der Waals surface area contributed by atoms with E-state index in [1.54, 1.807) is 27.3 Å². The predicted molar refractivity (Wildman–Crippen MR) is 403 cm³/mol. The first-order valence-electron chi connectivity index (χ1n) is 33.3. The molecule has 6 heterocycles. The van der Waals surface area contributed by atoms with Crippen molar-refractivity contribution in [2.24, 2.45) is 0 Å². The molecule has 0 saturated carbocycles. The number of aromatic nitrogens is 12. The fourth-order valence-corrected chi connectivity index (χ4v) is 12.8. The number of aryl methyl sites for hydroxylation is 3. The van der Waals surface area contributed by atoms with Gasteiger partial charge in [0, 0.05) is 25.7 Å². The minimum atomic E-state index is -3.93. The lowest BCUT2D eigenvalue weighted by molar-refractivity contribution is 0.00244. The minimum Gasteiger partial charge on any atom is -0.496 e. The number of fused-ring (bicyclic) bond motifs is 3. The maximum Gasteiger partial charge on any atom is 0.515 e. The number of nitrogens with zero attached hydrogens (tertiary/aromatic N) is 9. The molecule has 11 rings (SSSR count). The van der Waals surface area contributed by atoms with Crippen molar-refractivity contribution in [1.29, 1.82) is 0 Å². The molecule has 40 nitrogen and oxygen atoms in total. The van der Waals surface area contributed by atoms with Gasteiger partial charge in [-0.15, -0.1) is 0 Å². The molecule has 0 aliphatic carbocycles. The molecule has 0 spiro atoms. The number of hydrogen-bond donors (Lipinski definition) is 6. The number of nitrogen functional groups attached to an aromatic ring is 3. The van der Waals surface area contributed by atoms with E-state index in [2.05, 4.69) is 54.3 Å². The van der Waals surface area contributed by atoms with Gasteiger partial charge in [-0.05, 0) is 85.5 Å². The van der Waals surface area contributed by atoms with Crippen molar-refractivity contribution in [2.75, 3.05) is 90.7 Å². The van der Waals surface area contributed by atoms with Crippen LogP contribution in [0.5, 0.6) is 17.2 Å². The molecule has 610 valence electrons. The predicted octanol–water partition coefficient (Wildman–Crippen LogP) is 10.2. The Labute approximate surface area is 645 Å². The molecule has 0 fully saturated rings. The minimum absolute atomic E-state index is 0. The Bertz CT molecular complexity index is 5380. The number of aromatic amines is 3. The molecule has 0 bridgehead atoms. The first kappa shape index (κ1) is 87.9. The lowest BCUT2D eigenvalue weighted by Gasteiger charge is -2.19. The van der Waals surface area contributed by atoms with Gasteiger partial charge in [-0.25, -0.2) is 38.1 Å². The molecular formula is C69H80F2N15O25P3. The molecule has 0 amide bonds. The van der Waals surface area contributed by atoms with E-state index in [1.165, 1.54) is 67.1 Å². The largest absolute Gasteiger partial charge is 0.515 e. The number of carbonyl (C=O) groups excluding carboxylic acids is 3. The van der Waals surface area contributed by atoms with Crippen LogP contribution >= 0.6 is 22.8 Å². The molecule has 0 aliphatic rings. The number of hydrogen-bond acceptors (Lipinski definition) is 34. The number of ether oxygens (including phenoxy) is 10. The highest BCUT2D eigenvalue weighted by atomic mass is 31.2. The van der Waals surface area contributed by atoms with Crippen molar-refractivity contribution in [3.05, 3.63) is 210 Å². The molecule has 114 heavy (non-hydrogen) atoms. The van der Waals surface area contributed by atoms with Gasteiger partial charge in [0.05, 0.1) is 72.8 Å². The van der Waals surface area contributed by atoms with Crippen molar-refractivity contribution in [2.45, 2.75) is 67.7 Å². The zero-order valence-electron chi connectivity index (χ0n) is 60.9. The van der Waals surface area contributed by atoms with Crippen molar-refractivity contribution >= 4 is 92.6 Å². The molecule has 9 N–H and O–H groups in total. The van der Waals surface area contributed by atoms with Gasteiger partial charge in [-0.1, -0.05) is 85.3 Å². The van der Waals surface area contributed by atoms with E-state index in [0.29, 0.717) is 11.3 Å². The van der Waals surface area contributed by atoms with Crippen LogP contribution in [0.25, 0.3) is 33.5 Å². The number of imidazole rings is 3. The van der Waals surface area contributed by atoms with Gasteiger partial charge in [0.25, 0.3) is 16.7 Å². The summed E-state index contributed by atoms with van der Waals surface area (Å²) < 4.78 is 154. The molecule has 5 aromatic carbocycles. The molecule has 11 aromatic rings. The monoisotopic (exact) mass is 1650 g/mol. The SMILES string of the molecule is C.COC(=O)OCOP(=O)(COCCn1cnc2c(=O)[nH]c(N)nc21)OCc1cccc(F)c1.COc1cc(OC(=O)OCOP(=O)(COCCn2cnc3c(=O)[nH]c(N)nc32)OCc2ccc(C)cc2)ccc1C.Cc1ccc(COP(=O)(COCCn2cnc3c(=O)[nH]c(N)nc32)OCOC(=O)Oc2ccc(F)cc2)cc1. The number of nitrogens with one attached hydrogen (secondary N) is 3. The van der Waals surface area contributed by atoms with E-state index in [0.717, 1.165) is 47.1 Å². The maximum absolute atomic E-state index is 13.5. The summed E-state index contributed by atoms with van der Waals surface area (Å²) >= 11 is 0. The molecule has 3 unspecified atom stereocenters. The zero-order valence-corrected chi connectivity index (χ0v) is 63.6. The van der Waals surface area contributed by atoms with Gasteiger partial charge in [0.15, 0.2) is 33.5 Å². The highest BCUT2D eigenvalue weighted by molar-refractivity contribution is 7.54. The van der Waals surface area contributed by atoms with Crippen LogP contribution in [0, 0.1) is 32.4 Å². The van der Waals surface area contributed by atoms with Crippen LogP contribution in [0.3, 0.4) is 0 Å². The van der Waals surface area contributed by atoms with E-state index >= 15 is 0 Å². The Morgan fingerprint density at radius 2 is 0.833 bits per heavy atom. The van der Waals surface area contributed by atoms with Crippen LogP contribution in [0.1, 0.15) is 40.8 Å². The number of anilines is 3. The molecular weight excluding hydrogens is 1570 g/mol.